The molecule has 104 valence electrons. The Morgan fingerprint density at radius 2 is 2.00 bits per heavy atom. The predicted molar refractivity (Wildman–Crippen MR) is 79.5 cm³/mol. The molecule has 1 aliphatic rings. The van der Waals surface area contributed by atoms with Crippen molar-refractivity contribution in [3.05, 3.63) is 23.8 Å². The Morgan fingerprint density at radius 1 is 1.37 bits per heavy atom. The minimum absolute atomic E-state index is 0.0482. The van der Waals surface area contributed by atoms with Crippen LogP contribution in [0.25, 0.3) is 0 Å². The van der Waals surface area contributed by atoms with E-state index in [1.54, 1.807) is 6.07 Å². The van der Waals surface area contributed by atoms with Crippen LogP contribution in [0.5, 0.6) is 0 Å². The maximum Gasteiger partial charge on any atom is 0.253 e. The molecule has 1 aromatic rings. The van der Waals surface area contributed by atoms with Gasteiger partial charge in [-0.3, -0.25) is 4.79 Å². The molecule has 4 heteroatoms. The number of rotatable bonds is 4. The van der Waals surface area contributed by atoms with Gasteiger partial charge in [-0.25, -0.2) is 0 Å². The van der Waals surface area contributed by atoms with Crippen molar-refractivity contribution < 1.29 is 4.79 Å². The first kappa shape index (κ1) is 13.7. The van der Waals surface area contributed by atoms with E-state index >= 15 is 0 Å². The molecule has 1 fully saturated rings. The van der Waals surface area contributed by atoms with Gasteiger partial charge in [-0.1, -0.05) is 0 Å². The number of hydrogen-bond acceptors (Lipinski definition) is 3. The van der Waals surface area contributed by atoms with Crippen molar-refractivity contribution in [3.8, 4) is 0 Å². The molecule has 0 unspecified atom stereocenters. The summed E-state index contributed by atoms with van der Waals surface area (Å²) in [4.78, 5) is 14.4. The summed E-state index contributed by atoms with van der Waals surface area (Å²) in [7, 11) is 3.85. The molecular formula is C15H23N3O. The molecule has 0 aliphatic heterocycles. The molecule has 0 heterocycles. The first-order valence-electron chi connectivity index (χ1n) is 6.70. The third kappa shape index (κ3) is 3.00. The summed E-state index contributed by atoms with van der Waals surface area (Å²) < 4.78 is 0. The van der Waals surface area contributed by atoms with Crippen LogP contribution in [0.4, 0.5) is 11.4 Å². The van der Waals surface area contributed by atoms with E-state index in [2.05, 4.69) is 19.2 Å². The maximum absolute atomic E-state index is 12.5. The Bertz CT molecular complexity index is 490. The number of carbonyl (C=O) groups is 1. The highest BCUT2D eigenvalue weighted by molar-refractivity contribution is 6.01. The van der Waals surface area contributed by atoms with Crippen LogP contribution in [0.2, 0.25) is 0 Å². The number of nitrogens with two attached hydrogens (primary N) is 1. The fourth-order valence-electron chi connectivity index (χ4n) is 2.39. The fourth-order valence-corrected chi connectivity index (χ4v) is 2.39. The van der Waals surface area contributed by atoms with Gasteiger partial charge in [-0.05, 0) is 50.8 Å². The molecular weight excluding hydrogens is 238 g/mol. The van der Waals surface area contributed by atoms with Crippen LogP contribution in [-0.2, 0) is 0 Å². The highest BCUT2D eigenvalue weighted by atomic mass is 16.1. The van der Waals surface area contributed by atoms with E-state index in [0.29, 0.717) is 17.2 Å². The number of nitrogens with one attached hydrogen (secondary N) is 1. The molecule has 2 rings (SSSR count). The zero-order valence-electron chi connectivity index (χ0n) is 12.2. The number of nitrogens with zero attached hydrogens (tertiary/aromatic N) is 1. The second-order valence-electron chi connectivity index (χ2n) is 6.12. The summed E-state index contributed by atoms with van der Waals surface area (Å²) in [6, 6.07) is 5.44. The highest BCUT2D eigenvalue weighted by Gasteiger charge is 2.39. The fraction of sp³-hybridized carbons (Fsp3) is 0.533. The monoisotopic (exact) mass is 261 g/mol. The van der Waals surface area contributed by atoms with Gasteiger partial charge >= 0.3 is 0 Å². The quantitative estimate of drug-likeness (QED) is 0.817. The number of carbonyl (C=O) groups excluding carboxylic acids is 1. The lowest BCUT2D eigenvalue weighted by molar-refractivity contribution is 0.0904. The number of amides is 1. The zero-order chi connectivity index (χ0) is 14.2. The largest absolute Gasteiger partial charge is 0.399 e. The number of hydrogen-bond donors (Lipinski definition) is 2. The van der Waals surface area contributed by atoms with Gasteiger partial charge < -0.3 is 16.0 Å². The van der Waals surface area contributed by atoms with E-state index in [1.807, 2.05) is 31.1 Å². The summed E-state index contributed by atoms with van der Waals surface area (Å²) in [6.07, 6.45) is 2.40. The molecule has 0 spiro atoms. The Hall–Kier alpha value is -1.71. The average Bonchev–Trinajstić information content (AvgIpc) is 3.11. The van der Waals surface area contributed by atoms with Crippen molar-refractivity contribution >= 4 is 17.3 Å². The first-order chi connectivity index (χ1) is 8.81. The van der Waals surface area contributed by atoms with Crippen molar-refractivity contribution in [2.75, 3.05) is 24.7 Å². The zero-order valence-corrected chi connectivity index (χ0v) is 12.2. The van der Waals surface area contributed by atoms with Crippen LogP contribution in [-0.4, -0.2) is 25.5 Å². The number of anilines is 2. The first-order valence-corrected chi connectivity index (χ1v) is 6.70. The Morgan fingerprint density at radius 3 is 2.53 bits per heavy atom. The molecule has 1 aliphatic carbocycles. The molecule has 1 saturated carbocycles. The van der Waals surface area contributed by atoms with Gasteiger partial charge in [0.15, 0.2) is 0 Å². The normalized spacial score (nSPS) is 15.2. The molecule has 4 nitrogen and oxygen atoms in total. The van der Waals surface area contributed by atoms with Crippen LogP contribution >= 0.6 is 0 Å². The molecule has 0 bridgehead atoms. The van der Waals surface area contributed by atoms with E-state index in [0.717, 1.165) is 5.69 Å². The van der Waals surface area contributed by atoms with Crippen molar-refractivity contribution in [2.24, 2.45) is 5.92 Å². The second kappa shape index (κ2) is 4.76. The van der Waals surface area contributed by atoms with Crippen LogP contribution in [0.1, 0.15) is 37.0 Å². The molecule has 0 saturated heterocycles. The summed E-state index contributed by atoms with van der Waals surface area (Å²) >= 11 is 0. The van der Waals surface area contributed by atoms with Gasteiger partial charge in [0, 0.05) is 31.0 Å². The van der Waals surface area contributed by atoms with Gasteiger partial charge in [0.05, 0.1) is 5.56 Å². The minimum atomic E-state index is -0.148. The molecule has 0 aromatic heterocycles. The molecule has 0 radical (unpaired) electrons. The molecule has 0 atom stereocenters. The van der Waals surface area contributed by atoms with Crippen molar-refractivity contribution in [3.63, 3.8) is 0 Å². The predicted octanol–water partition coefficient (Wildman–Crippen LogP) is 2.25. The Kier molecular flexibility index (Phi) is 3.43. The summed E-state index contributed by atoms with van der Waals surface area (Å²) in [5.41, 5.74) is 7.79. The van der Waals surface area contributed by atoms with E-state index in [1.165, 1.54) is 12.8 Å². The lowest BCUT2D eigenvalue weighted by Gasteiger charge is -2.27. The third-order valence-corrected chi connectivity index (χ3v) is 3.78. The van der Waals surface area contributed by atoms with Gasteiger partial charge in [-0.15, -0.1) is 0 Å². The summed E-state index contributed by atoms with van der Waals surface area (Å²) in [6.45, 7) is 4.17. The van der Waals surface area contributed by atoms with Gasteiger partial charge in [-0.2, -0.15) is 0 Å². The molecule has 19 heavy (non-hydrogen) atoms. The number of nitrogen functional groups attached to an aromatic ring is 1. The van der Waals surface area contributed by atoms with E-state index in [-0.39, 0.29) is 11.4 Å². The Labute approximate surface area is 115 Å². The second-order valence-corrected chi connectivity index (χ2v) is 6.12. The summed E-state index contributed by atoms with van der Waals surface area (Å²) in [5, 5.41) is 3.14. The lowest BCUT2D eigenvalue weighted by atomic mass is 9.97. The molecule has 1 amide bonds. The van der Waals surface area contributed by atoms with Crippen LogP contribution in [0.3, 0.4) is 0 Å². The van der Waals surface area contributed by atoms with E-state index in [4.69, 9.17) is 5.73 Å². The third-order valence-electron chi connectivity index (χ3n) is 3.78. The number of benzene rings is 1. The van der Waals surface area contributed by atoms with Gasteiger partial charge in [0.25, 0.3) is 5.91 Å². The van der Waals surface area contributed by atoms with Crippen molar-refractivity contribution in [2.45, 2.75) is 32.2 Å². The topological polar surface area (TPSA) is 58.4 Å². The van der Waals surface area contributed by atoms with Crippen LogP contribution in [0.15, 0.2) is 18.2 Å². The van der Waals surface area contributed by atoms with E-state index < -0.39 is 0 Å². The lowest BCUT2D eigenvalue weighted by Crippen LogP contribution is -2.45. The SMILES string of the molecule is CN(C)c1ccc(N)cc1C(=O)NC(C)(C)C1CC1. The highest BCUT2D eigenvalue weighted by Crippen LogP contribution is 2.39. The van der Waals surface area contributed by atoms with Crippen molar-refractivity contribution in [1.29, 1.82) is 0 Å². The average molecular weight is 261 g/mol. The maximum atomic E-state index is 12.5. The molecule has 1 aromatic carbocycles. The van der Waals surface area contributed by atoms with E-state index in [9.17, 15) is 4.79 Å². The standard InChI is InChI=1S/C15H23N3O/c1-15(2,10-5-6-10)17-14(19)12-9-11(16)7-8-13(12)18(3)4/h7-10H,5-6,16H2,1-4H3,(H,17,19). The minimum Gasteiger partial charge on any atom is -0.399 e. The molecule has 3 N–H and O–H groups in total. The van der Waals surface area contributed by atoms with Gasteiger partial charge in [0.2, 0.25) is 0 Å². The summed E-state index contributed by atoms with van der Waals surface area (Å²) in [5.74, 6) is 0.549. The van der Waals surface area contributed by atoms with Gasteiger partial charge in [0.1, 0.15) is 0 Å². The van der Waals surface area contributed by atoms with Crippen LogP contribution < -0.4 is 16.0 Å². The Balaban J connectivity index is 2.25. The van der Waals surface area contributed by atoms with Crippen LogP contribution in [0, 0.1) is 5.92 Å². The van der Waals surface area contributed by atoms with Crippen molar-refractivity contribution in [1.82, 2.24) is 5.32 Å². The smallest absolute Gasteiger partial charge is 0.253 e.